The van der Waals surface area contributed by atoms with E-state index in [0.717, 1.165) is 32.1 Å². The second-order valence-corrected chi connectivity index (χ2v) is 6.49. The van der Waals surface area contributed by atoms with Crippen molar-refractivity contribution in [2.45, 2.75) is 91.3 Å². The molecule has 2 amide bonds. The molecule has 4 nitrogen and oxygen atoms in total. The molecule has 0 aromatic rings. The quantitative estimate of drug-likeness (QED) is 0.748. The fraction of sp³-hybridized carbons (Fsp3) is 0.882. The molecule has 122 valence electrons. The summed E-state index contributed by atoms with van der Waals surface area (Å²) in [4.78, 5) is 27.2. The third kappa shape index (κ3) is 4.21. The Labute approximate surface area is 129 Å². The van der Waals surface area contributed by atoms with Gasteiger partial charge in [0.15, 0.2) is 0 Å². The maximum atomic E-state index is 12.8. The number of nitrogens with one attached hydrogen (secondary N) is 1. The van der Waals surface area contributed by atoms with E-state index in [1.807, 2.05) is 25.7 Å². The zero-order chi connectivity index (χ0) is 16.0. The van der Waals surface area contributed by atoms with Crippen molar-refractivity contribution in [2.75, 3.05) is 0 Å². The van der Waals surface area contributed by atoms with Gasteiger partial charge in [0, 0.05) is 6.04 Å². The molecular formula is C17H32N2O2. The predicted octanol–water partition coefficient (Wildman–Crippen LogP) is 3.11. The average Bonchev–Trinajstić information content (AvgIpc) is 2.44. The highest BCUT2D eigenvalue weighted by Crippen LogP contribution is 2.26. The Hall–Kier alpha value is -1.06. The zero-order valence-corrected chi connectivity index (χ0v) is 14.3. The Kier molecular flexibility index (Phi) is 7.20. The van der Waals surface area contributed by atoms with Crippen molar-refractivity contribution in [1.29, 1.82) is 0 Å². The summed E-state index contributed by atoms with van der Waals surface area (Å²) in [5.74, 6) is 0.284. The van der Waals surface area contributed by atoms with E-state index in [9.17, 15) is 9.59 Å². The van der Waals surface area contributed by atoms with Gasteiger partial charge >= 0.3 is 0 Å². The monoisotopic (exact) mass is 296 g/mol. The largest absolute Gasteiger partial charge is 0.343 e. The van der Waals surface area contributed by atoms with E-state index in [1.54, 1.807) is 0 Å². The molecule has 0 spiro atoms. The normalized spacial score (nSPS) is 24.4. The highest BCUT2D eigenvalue weighted by molar-refractivity contribution is 5.97. The molecule has 1 heterocycles. The standard InChI is InChI=1S/C17H32N2O2/c1-6-9-11-13(10-7-2)19-15(12(4)5)16(20)18-14(8-3)17(19)21/h12-15H,6-11H2,1-5H3,(H,18,20). The number of nitrogens with zero attached hydrogens (tertiary/aromatic N) is 1. The Morgan fingerprint density at radius 2 is 1.76 bits per heavy atom. The van der Waals surface area contributed by atoms with Gasteiger partial charge in [-0.3, -0.25) is 9.59 Å². The smallest absolute Gasteiger partial charge is 0.246 e. The van der Waals surface area contributed by atoms with Gasteiger partial charge in [-0.1, -0.05) is 53.9 Å². The summed E-state index contributed by atoms with van der Waals surface area (Å²) < 4.78 is 0. The number of piperazine rings is 1. The lowest BCUT2D eigenvalue weighted by Crippen LogP contribution is -2.67. The molecule has 0 aromatic heterocycles. The summed E-state index contributed by atoms with van der Waals surface area (Å²) in [5, 5.41) is 2.90. The average molecular weight is 296 g/mol. The van der Waals surface area contributed by atoms with Crippen molar-refractivity contribution in [3.05, 3.63) is 0 Å². The number of hydrogen-bond donors (Lipinski definition) is 1. The van der Waals surface area contributed by atoms with Crippen molar-refractivity contribution >= 4 is 11.8 Å². The molecule has 1 N–H and O–H groups in total. The van der Waals surface area contributed by atoms with Crippen LogP contribution in [0.2, 0.25) is 0 Å². The van der Waals surface area contributed by atoms with E-state index in [1.165, 1.54) is 0 Å². The number of amides is 2. The van der Waals surface area contributed by atoms with Crippen LogP contribution in [0.4, 0.5) is 0 Å². The number of rotatable bonds is 8. The van der Waals surface area contributed by atoms with E-state index in [2.05, 4.69) is 19.2 Å². The van der Waals surface area contributed by atoms with Gasteiger partial charge in [0.2, 0.25) is 11.8 Å². The van der Waals surface area contributed by atoms with Crippen LogP contribution in [0.25, 0.3) is 0 Å². The second kappa shape index (κ2) is 8.40. The van der Waals surface area contributed by atoms with E-state index in [0.29, 0.717) is 6.42 Å². The fourth-order valence-electron chi connectivity index (χ4n) is 3.27. The van der Waals surface area contributed by atoms with Crippen molar-refractivity contribution in [2.24, 2.45) is 5.92 Å². The lowest BCUT2D eigenvalue weighted by molar-refractivity contribution is -0.154. The van der Waals surface area contributed by atoms with Crippen molar-refractivity contribution in [3.8, 4) is 0 Å². The lowest BCUT2D eigenvalue weighted by Gasteiger charge is -2.45. The Bertz CT molecular complexity index is 355. The topological polar surface area (TPSA) is 49.4 Å². The van der Waals surface area contributed by atoms with Crippen LogP contribution in [0.3, 0.4) is 0 Å². The lowest BCUT2D eigenvalue weighted by atomic mass is 9.91. The highest BCUT2D eigenvalue weighted by atomic mass is 16.2. The van der Waals surface area contributed by atoms with Gasteiger partial charge in [-0.15, -0.1) is 0 Å². The predicted molar refractivity (Wildman–Crippen MR) is 85.9 cm³/mol. The van der Waals surface area contributed by atoms with Gasteiger partial charge in [0.1, 0.15) is 12.1 Å². The number of hydrogen-bond acceptors (Lipinski definition) is 2. The molecule has 1 aliphatic rings. The Balaban J connectivity index is 3.06. The minimum absolute atomic E-state index is 0.0223. The molecule has 0 radical (unpaired) electrons. The first-order valence-electron chi connectivity index (χ1n) is 8.60. The fourth-order valence-corrected chi connectivity index (χ4v) is 3.27. The molecule has 1 rings (SSSR count). The summed E-state index contributed by atoms with van der Waals surface area (Å²) in [5.41, 5.74) is 0. The van der Waals surface area contributed by atoms with Crippen molar-refractivity contribution in [1.82, 2.24) is 10.2 Å². The Morgan fingerprint density at radius 1 is 1.10 bits per heavy atom. The van der Waals surface area contributed by atoms with Crippen LogP contribution in [0.5, 0.6) is 0 Å². The third-order valence-electron chi connectivity index (χ3n) is 4.38. The minimum Gasteiger partial charge on any atom is -0.343 e. The molecular weight excluding hydrogens is 264 g/mol. The van der Waals surface area contributed by atoms with Gasteiger partial charge in [0.25, 0.3) is 0 Å². The number of carbonyl (C=O) groups is 2. The van der Waals surface area contributed by atoms with Gasteiger partial charge in [-0.2, -0.15) is 0 Å². The first kappa shape index (κ1) is 18.0. The molecule has 0 saturated carbocycles. The van der Waals surface area contributed by atoms with E-state index in [4.69, 9.17) is 0 Å². The molecule has 1 aliphatic heterocycles. The van der Waals surface area contributed by atoms with Crippen LogP contribution in [0.1, 0.15) is 73.1 Å². The van der Waals surface area contributed by atoms with Crippen LogP contribution in [0, 0.1) is 5.92 Å². The molecule has 3 atom stereocenters. The van der Waals surface area contributed by atoms with Crippen LogP contribution in [-0.2, 0) is 9.59 Å². The first-order chi connectivity index (χ1) is 9.97. The van der Waals surface area contributed by atoms with E-state index >= 15 is 0 Å². The third-order valence-corrected chi connectivity index (χ3v) is 4.38. The highest BCUT2D eigenvalue weighted by Gasteiger charge is 2.43. The van der Waals surface area contributed by atoms with Crippen molar-refractivity contribution < 1.29 is 9.59 Å². The summed E-state index contributed by atoms with van der Waals surface area (Å²) in [6.45, 7) is 10.3. The van der Waals surface area contributed by atoms with Gasteiger partial charge in [-0.05, 0) is 25.2 Å². The van der Waals surface area contributed by atoms with E-state index < -0.39 is 0 Å². The molecule has 0 aromatic carbocycles. The SMILES string of the molecule is CCCCC(CCC)N1C(=O)C(CC)NC(=O)C1C(C)C. The van der Waals surface area contributed by atoms with Gasteiger partial charge in [0.05, 0.1) is 0 Å². The molecule has 4 heteroatoms. The molecule has 3 unspecified atom stereocenters. The summed E-state index contributed by atoms with van der Waals surface area (Å²) in [6.07, 6.45) is 5.93. The van der Waals surface area contributed by atoms with Crippen molar-refractivity contribution in [3.63, 3.8) is 0 Å². The van der Waals surface area contributed by atoms with Gasteiger partial charge < -0.3 is 10.2 Å². The van der Waals surface area contributed by atoms with E-state index in [-0.39, 0.29) is 35.9 Å². The zero-order valence-electron chi connectivity index (χ0n) is 14.3. The second-order valence-electron chi connectivity index (χ2n) is 6.49. The maximum absolute atomic E-state index is 12.8. The molecule has 21 heavy (non-hydrogen) atoms. The van der Waals surface area contributed by atoms with Gasteiger partial charge in [-0.25, -0.2) is 0 Å². The molecule has 0 aliphatic carbocycles. The number of unbranched alkanes of at least 4 members (excludes halogenated alkanes) is 1. The summed E-state index contributed by atoms with van der Waals surface area (Å²) in [6, 6.07) is -0.447. The first-order valence-corrected chi connectivity index (χ1v) is 8.60. The summed E-state index contributed by atoms with van der Waals surface area (Å²) in [7, 11) is 0. The Morgan fingerprint density at radius 3 is 2.24 bits per heavy atom. The molecule has 1 saturated heterocycles. The van der Waals surface area contributed by atoms with Crippen LogP contribution in [-0.4, -0.2) is 34.8 Å². The molecule has 0 bridgehead atoms. The van der Waals surface area contributed by atoms with Crippen LogP contribution >= 0.6 is 0 Å². The number of carbonyl (C=O) groups excluding carboxylic acids is 2. The van der Waals surface area contributed by atoms with Crippen LogP contribution < -0.4 is 5.32 Å². The summed E-state index contributed by atoms with van der Waals surface area (Å²) >= 11 is 0. The minimum atomic E-state index is -0.339. The molecule has 1 fully saturated rings. The van der Waals surface area contributed by atoms with Crippen LogP contribution in [0.15, 0.2) is 0 Å². The maximum Gasteiger partial charge on any atom is 0.246 e.